The third-order valence-electron chi connectivity index (χ3n) is 5.25. The number of halogens is 1. The smallest absolute Gasteiger partial charge is 0.303 e. The lowest BCUT2D eigenvalue weighted by atomic mass is 9.92. The first-order chi connectivity index (χ1) is 14.8. The van der Waals surface area contributed by atoms with E-state index < -0.39 is 22.0 Å². The number of aliphatic carboxylic acids is 1. The minimum Gasteiger partial charge on any atom is -0.481 e. The maximum atomic E-state index is 13.0. The Labute approximate surface area is 193 Å². The number of sulfonamides is 1. The first-order valence-electron chi connectivity index (χ1n) is 10.1. The van der Waals surface area contributed by atoms with Crippen LogP contribution in [0.25, 0.3) is 0 Å². The Hall–Kier alpha value is -2.30. The van der Waals surface area contributed by atoms with E-state index in [1.165, 1.54) is 12.1 Å². The molecule has 2 aromatic rings. The summed E-state index contributed by atoms with van der Waals surface area (Å²) in [6.07, 6.45) is 9.56. The number of nitrogens with one attached hydrogen (secondary N) is 2. The monoisotopic (exact) mass is 481 g/mol. The molecular formula is C22H28ClN3O5S. The average Bonchev–Trinajstić information content (AvgIpc) is 3.21. The predicted octanol–water partition coefficient (Wildman–Crippen LogP) is 2.72. The maximum Gasteiger partial charge on any atom is 0.303 e. The third kappa shape index (κ3) is 7.39. The Kier molecular flexibility index (Phi) is 9.80. The second-order valence-electron chi connectivity index (χ2n) is 7.56. The minimum absolute atomic E-state index is 0. The van der Waals surface area contributed by atoms with E-state index >= 15 is 0 Å². The SMILES string of the molecule is O.O=C(O)CCC/C=C\[C@@H]1C[C@@H](C(NS(=O)(=O)c2ccc(Cl)cc2)c2cccnc2)CN1. The lowest BCUT2D eigenvalue weighted by molar-refractivity contribution is -0.137. The summed E-state index contributed by atoms with van der Waals surface area (Å²) < 4.78 is 28.9. The van der Waals surface area contributed by atoms with Crippen LogP contribution in [0.1, 0.15) is 37.3 Å². The summed E-state index contributed by atoms with van der Waals surface area (Å²) in [5.74, 6) is -0.764. The molecule has 1 fully saturated rings. The highest BCUT2D eigenvalue weighted by Crippen LogP contribution is 2.31. The molecular weight excluding hydrogens is 454 g/mol. The fourth-order valence-electron chi connectivity index (χ4n) is 3.67. The maximum absolute atomic E-state index is 13.0. The molecule has 1 aromatic carbocycles. The van der Waals surface area contributed by atoms with E-state index in [0.717, 1.165) is 12.0 Å². The van der Waals surface area contributed by atoms with Gasteiger partial charge in [0.1, 0.15) is 0 Å². The number of rotatable bonds is 10. The summed E-state index contributed by atoms with van der Waals surface area (Å²) in [6.45, 7) is 0.646. The van der Waals surface area contributed by atoms with Gasteiger partial charge in [0.25, 0.3) is 0 Å². The molecule has 2 heterocycles. The van der Waals surface area contributed by atoms with Crippen LogP contribution in [0.4, 0.5) is 0 Å². The first kappa shape index (κ1) is 26.0. The number of allylic oxidation sites excluding steroid dienone is 1. The molecule has 1 saturated heterocycles. The Morgan fingerprint density at radius 1 is 1.31 bits per heavy atom. The van der Waals surface area contributed by atoms with Gasteiger partial charge >= 0.3 is 5.97 Å². The van der Waals surface area contributed by atoms with Gasteiger partial charge in [0, 0.05) is 36.4 Å². The van der Waals surface area contributed by atoms with E-state index in [2.05, 4.69) is 15.0 Å². The molecule has 1 unspecified atom stereocenters. The molecule has 0 spiro atoms. The van der Waals surface area contributed by atoms with E-state index in [9.17, 15) is 13.2 Å². The highest BCUT2D eigenvalue weighted by molar-refractivity contribution is 7.89. The van der Waals surface area contributed by atoms with E-state index in [-0.39, 0.29) is 28.8 Å². The first-order valence-corrected chi connectivity index (χ1v) is 12.0. The van der Waals surface area contributed by atoms with Gasteiger partial charge in [-0.1, -0.05) is 29.8 Å². The van der Waals surface area contributed by atoms with Crippen LogP contribution >= 0.6 is 11.6 Å². The van der Waals surface area contributed by atoms with Crippen molar-refractivity contribution in [2.75, 3.05) is 6.54 Å². The van der Waals surface area contributed by atoms with Crippen LogP contribution in [-0.4, -0.2) is 42.5 Å². The van der Waals surface area contributed by atoms with Crippen molar-refractivity contribution in [2.45, 2.75) is 42.7 Å². The summed E-state index contributed by atoms with van der Waals surface area (Å²) in [5.41, 5.74) is 0.804. The molecule has 1 aliphatic rings. The number of benzene rings is 1. The summed E-state index contributed by atoms with van der Waals surface area (Å²) in [6, 6.07) is 9.41. The van der Waals surface area contributed by atoms with Gasteiger partial charge in [0.2, 0.25) is 10.0 Å². The lowest BCUT2D eigenvalue weighted by Gasteiger charge is -2.24. The highest BCUT2D eigenvalue weighted by Gasteiger charge is 2.33. The van der Waals surface area contributed by atoms with Gasteiger partial charge in [-0.15, -0.1) is 0 Å². The zero-order valence-corrected chi connectivity index (χ0v) is 19.0. The molecule has 0 bridgehead atoms. The number of carboxylic acids is 1. The summed E-state index contributed by atoms with van der Waals surface area (Å²) in [7, 11) is -3.75. The number of nitrogens with zero attached hydrogens (tertiary/aromatic N) is 1. The quantitative estimate of drug-likeness (QED) is 0.352. The van der Waals surface area contributed by atoms with Crippen molar-refractivity contribution in [2.24, 2.45) is 5.92 Å². The van der Waals surface area contributed by atoms with E-state index in [0.29, 0.717) is 24.4 Å². The van der Waals surface area contributed by atoms with Crippen molar-refractivity contribution in [3.05, 3.63) is 71.5 Å². The molecule has 3 atom stereocenters. The Morgan fingerprint density at radius 2 is 2.06 bits per heavy atom. The molecule has 5 N–H and O–H groups in total. The molecule has 1 aliphatic heterocycles. The number of hydrogen-bond acceptors (Lipinski definition) is 5. The lowest BCUT2D eigenvalue weighted by Crippen LogP contribution is -2.34. The summed E-state index contributed by atoms with van der Waals surface area (Å²) in [4.78, 5) is 14.9. The van der Waals surface area contributed by atoms with Crippen LogP contribution in [0.5, 0.6) is 0 Å². The topological polar surface area (TPSA) is 140 Å². The molecule has 0 radical (unpaired) electrons. The second-order valence-corrected chi connectivity index (χ2v) is 9.71. The van der Waals surface area contributed by atoms with Gasteiger partial charge in [-0.2, -0.15) is 0 Å². The van der Waals surface area contributed by atoms with E-state index in [4.69, 9.17) is 16.7 Å². The van der Waals surface area contributed by atoms with Crippen molar-refractivity contribution < 1.29 is 23.8 Å². The summed E-state index contributed by atoms with van der Waals surface area (Å²) in [5, 5.41) is 12.6. The van der Waals surface area contributed by atoms with Crippen molar-refractivity contribution in [1.82, 2.24) is 15.0 Å². The van der Waals surface area contributed by atoms with Crippen LogP contribution < -0.4 is 10.0 Å². The zero-order chi connectivity index (χ0) is 22.3. The predicted molar refractivity (Wildman–Crippen MR) is 123 cm³/mol. The van der Waals surface area contributed by atoms with Gasteiger partial charge in [0.05, 0.1) is 10.9 Å². The number of carbonyl (C=O) groups is 1. The molecule has 174 valence electrons. The third-order valence-corrected chi connectivity index (χ3v) is 6.96. The second kappa shape index (κ2) is 12.1. The van der Waals surface area contributed by atoms with Crippen molar-refractivity contribution in [1.29, 1.82) is 0 Å². The number of carboxylic acid groups (broad SMARTS) is 1. The molecule has 10 heteroatoms. The van der Waals surface area contributed by atoms with E-state index in [1.54, 1.807) is 30.6 Å². The van der Waals surface area contributed by atoms with Gasteiger partial charge in [-0.3, -0.25) is 9.78 Å². The normalized spacial score (nSPS) is 19.5. The van der Waals surface area contributed by atoms with Gasteiger partial charge in [-0.05, 0) is 61.1 Å². The van der Waals surface area contributed by atoms with Crippen molar-refractivity contribution in [3.8, 4) is 0 Å². The van der Waals surface area contributed by atoms with Crippen LogP contribution in [0.2, 0.25) is 5.02 Å². The standard InChI is InChI=1S/C22H26ClN3O4S.H2O/c23-18-8-10-20(11-9-18)31(29,30)26-22(16-5-4-12-24-14-16)17-13-19(25-15-17)6-2-1-3-7-21(27)28;/h2,4-6,8-12,14,17,19,22,25-26H,1,3,7,13,15H2,(H,27,28);1H2/b6-2-;/t17-,19-,22?;/m1./s1. The van der Waals surface area contributed by atoms with Crippen LogP contribution in [0, 0.1) is 5.92 Å². The number of unbranched alkanes of at least 4 members (excludes halogenated alkanes) is 1. The van der Waals surface area contributed by atoms with Crippen molar-refractivity contribution >= 4 is 27.6 Å². The van der Waals surface area contributed by atoms with Gasteiger partial charge in [0.15, 0.2) is 0 Å². The molecule has 0 aliphatic carbocycles. The van der Waals surface area contributed by atoms with E-state index in [1.807, 2.05) is 18.2 Å². The highest BCUT2D eigenvalue weighted by atomic mass is 35.5. The summed E-state index contributed by atoms with van der Waals surface area (Å²) >= 11 is 5.89. The van der Waals surface area contributed by atoms with Crippen LogP contribution in [-0.2, 0) is 14.8 Å². The Bertz CT molecular complexity index is 1000. The zero-order valence-electron chi connectivity index (χ0n) is 17.4. The fraction of sp³-hybridized carbons (Fsp3) is 0.364. The molecule has 3 rings (SSSR count). The number of aromatic nitrogens is 1. The number of pyridine rings is 1. The average molecular weight is 482 g/mol. The van der Waals surface area contributed by atoms with Gasteiger partial charge < -0.3 is 15.9 Å². The largest absolute Gasteiger partial charge is 0.481 e. The Morgan fingerprint density at radius 3 is 2.72 bits per heavy atom. The molecule has 0 saturated carbocycles. The molecule has 8 nitrogen and oxygen atoms in total. The van der Waals surface area contributed by atoms with Crippen molar-refractivity contribution in [3.63, 3.8) is 0 Å². The number of hydrogen-bond donors (Lipinski definition) is 3. The minimum atomic E-state index is -3.75. The molecule has 32 heavy (non-hydrogen) atoms. The molecule has 1 aromatic heterocycles. The Balaban J connectivity index is 0.00000363. The van der Waals surface area contributed by atoms with Crippen LogP contribution in [0.15, 0.2) is 65.8 Å². The van der Waals surface area contributed by atoms with Gasteiger partial charge in [-0.25, -0.2) is 13.1 Å². The fourth-order valence-corrected chi connectivity index (χ4v) is 5.09. The van der Waals surface area contributed by atoms with Crippen LogP contribution in [0.3, 0.4) is 0 Å². The molecule has 0 amide bonds.